The van der Waals surface area contributed by atoms with Crippen molar-refractivity contribution in [2.24, 2.45) is 5.73 Å². The molecule has 0 spiro atoms. The van der Waals surface area contributed by atoms with Crippen molar-refractivity contribution in [3.63, 3.8) is 0 Å². The summed E-state index contributed by atoms with van der Waals surface area (Å²) in [7, 11) is 0. The smallest absolute Gasteiger partial charge is 0.317 e. The molecule has 0 radical (unpaired) electrons. The van der Waals surface area contributed by atoms with Gasteiger partial charge in [0.25, 0.3) is 0 Å². The molecule has 5 N–H and O–H groups in total. The molecule has 3 heterocycles. The fraction of sp³-hybridized carbons (Fsp3) is 0.769. The Bertz CT molecular complexity index is 1000. The van der Waals surface area contributed by atoms with Gasteiger partial charge in [0.15, 0.2) is 17.0 Å². The Labute approximate surface area is 214 Å². The Kier molecular flexibility index (Phi) is 8.09. The minimum Gasteiger partial charge on any atom is -0.365 e. The van der Waals surface area contributed by atoms with Gasteiger partial charge in [-0.05, 0) is 57.8 Å². The van der Waals surface area contributed by atoms with Crippen molar-refractivity contribution in [3.8, 4) is 0 Å². The van der Waals surface area contributed by atoms with Crippen molar-refractivity contribution in [2.75, 3.05) is 30.3 Å². The van der Waals surface area contributed by atoms with Crippen LogP contribution in [0.5, 0.6) is 0 Å². The quantitative estimate of drug-likeness (QED) is 0.406. The predicted octanol–water partition coefficient (Wildman–Crippen LogP) is 4.01. The van der Waals surface area contributed by atoms with E-state index in [0.29, 0.717) is 24.1 Å². The first-order valence-electron chi connectivity index (χ1n) is 14.2. The lowest BCUT2D eigenvalue weighted by molar-refractivity contribution is 0.183. The van der Waals surface area contributed by atoms with E-state index in [1.807, 2.05) is 11.2 Å². The normalized spacial score (nSPS) is 23.8. The average molecular weight is 498 g/mol. The van der Waals surface area contributed by atoms with Crippen LogP contribution in [0.1, 0.15) is 90.0 Å². The zero-order chi connectivity index (χ0) is 24.9. The molecule has 1 aliphatic heterocycles. The molecular formula is C26H43N9O. The minimum atomic E-state index is 0.0559. The Balaban J connectivity index is 1.30. The highest BCUT2D eigenvalue weighted by molar-refractivity contribution is 5.84. The first-order valence-corrected chi connectivity index (χ1v) is 14.2. The topological polar surface area (TPSA) is 126 Å². The van der Waals surface area contributed by atoms with E-state index < -0.39 is 0 Å². The molecule has 5 rings (SSSR count). The fourth-order valence-corrected chi connectivity index (χ4v) is 5.88. The van der Waals surface area contributed by atoms with Crippen LogP contribution in [0.2, 0.25) is 0 Å². The van der Waals surface area contributed by atoms with E-state index in [9.17, 15) is 4.79 Å². The molecule has 198 valence electrons. The first-order chi connectivity index (χ1) is 17.6. The molecule has 2 aromatic heterocycles. The van der Waals surface area contributed by atoms with E-state index in [2.05, 4.69) is 27.4 Å². The molecule has 10 heteroatoms. The van der Waals surface area contributed by atoms with Gasteiger partial charge in [0.05, 0.1) is 6.33 Å². The lowest BCUT2D eigenvalue weighted by atomic mass is 9.92. The van der Waals surface area contributed by atoms with Crippen molar-refractivity contribution in [1.82, 2.24) is 29.7 Å². The molecule has 2 aliphatic carbocycles. The molecule has 3 fully saturated rings. The Morgan fingerprint density at radius 1 is 1.00 bits per heavy atom. The molecule has 0 aromatic carbocycles. The standard InChI is InChI=1S/C26H43N9O/c1-2-3-14-28-26(36)34-15-12-20(13-16-34)30-23-22-24(35(17-29-22)21-6-4-5-7-21)33-25(32-23)31-19-10-8-18(27)9-11-19/h17-21H,2-16,27H2,1H3,(H,28,36)(H2,30,31,32,33). The van der Waals surface area contributed by atoms with Crippen LogP contribution in [0.25, 0.3) is 11.2 Å². The number of hydrogen-bond donors (Lipinski definition) is 4. The average Bonchev–Trinajstić information content (AvgIpc) is 3.56. The number of anilines is 2. The second-order valence-electron chi connectivity index (χ2n) is 10.9. The summed E-state index contributed by atoms with van der Waals surface area (Å²) in [6.07, 6.45) is 14.9. The highest BCUT2D eigenvalue weighted by Gasteiger charge is 2.27. The maximum Gasteiger partial charge on any atom is 0.317 e. The van der Waals surface area contributed by atoms with Crippen LogP contribution in [0.15, 0.2) is 6.33 Å². The van der Waals surface area contributed by atoms with Gasteiger partial charge in [0.2, 0.25) is 5.95 Å². The fourth-order valence-electron chi connectivity index (χ4n) is 5.88. The molecule has 0 atom stereocenters. The van der Waals surface area contributed by atoms with Crippen LogP contribution in [-0.4, -0.2) is 68.2 Å². The lowest BCUT2D eigenvalue weighted by Crippen LogP contribution is -2.47. The number of unbranched alkanes of at least 4 members (excludes halogenated alkanes) is 1. The van der Waals surface area contributed by atoms with Gasteiger partial charge >= 0.3 is 6.03 Å². The number of likely N-dealkylation sites (tertiary alicyclic amines) is 1. The number of aromatic nitrogens is 4. The summed E-state index contributed by atoms with van der Waals surface area (Å²) in [4.78, 5) is 29.0. The summed E-state index contributed by atoms with van der Waals surface area (Å²) >= 11 is 0. The van der Waals surface area contributed by atoms with Crippen molar-refractivity contribution < 1.29 is 4.79 Å². The zero-order valence-corrected chi connectivity index (χ0v) is 21.7. The number of nitrogens with zero attached hydrogens (tertiary/aromatic N) is 5. The molecule has 36 heavy (non-hydrogen) atoms. The largest absolute Gasteiger partial charge is 0.365 e. The third-order valence-electron chi connectivity index (χ3n) is 8.17. The van der Waals surface area contributed by atoms with E-state index >= 15 is 0 Å². The van der Waals surface area contributed by atoms with E-state index in [0.717, 1.165) is 88.0 Å². The maximum atomic E-state index is 12.4. The predicted molar refractivity (Wildman–Crippen MR) is 143 cm³/mol. The zero-order valence-electron chi connectivity index (χ0n) is 21.7. The van der Waals surface area contributed by atoms with Crippen LogP contribution in [0.3, 0.4) is 0 Å². The summed E-state index contributed by atoms with van der Waals surface area (Å²) in [5.74, 6) is 1.48. The number of nitrogens with one attached hydrogen (secondary N) is 3. The van der Waals surface area contributed by atoms with Crippen LogP contribution in [0, 0.1) is 0 Å². The molecule has 0 unspecified atom stereocenters. The molecule has 0 bridgehead atoms. The lowest BCUT2D eigenvalue weighted by Gasteiger charge is -2.32. The van der Waals surface area contributed by atoms with E-state index in [4.69, 9.17) is 20.7 Å². The number of fused-ring (bicyclic) bond motifs is 1. The number of hydrogen-bond acceptors (Lipinski definition) is 7. The Morgan fingerprint density at radius 3 is 2.44 bits per heavy atom. The molecule has 2 aromatic rings. The second kappa shape index (κ2) is 11.6. The first kappa shape index (κ1) is 25.0. The van der Waals surface area contributed by atoms with Gasteiger partial charge in [-0.2, -0.15) is 9.97 Å². The van der Waals surface area contributed by atoms with E-state index in [1.165, 1.54) is 25.7 Å². The number of carbonyl (C=O) groups excluding carboxylic acids is 1. The summed E-state index contributed by atoms with van der Waals surface area (Å²) in [6.45, 7) is 4.37. The van der Waals surface area contributed by atoms with Crippen LogP contribution in [0.4, 0.5) is 16.6 Å². The second-order valence-corrected chi connectivity index (χ2v) is 10.9. The van der Waals surface area contributed by atoms with Gasteiger partial charge in [-0.15, -0.1) is 0 Å². The van der Waals surface area contributed by atoms with Gasteiger partial charge < -0.3 is 31.2 Å². The van der Waals surface area contributed by atoms with Crippen molar-refractivity contribution in [2.45, 2.75) is 108 Å². The minimum absolute atomic E-state index is 0.0559. The number of rotatable bonds is 8. The van der Waals surface area contributed by atoms with Crippen molar-refractivity contribution in [1.29, 1.82) is 0 Å². The van der Waals surface area contributed by atoms with Crippen molar-refractivity contribution in [3.05, 3.63) is 6.33 Å². The molecule has 2 amide bonds. The van der Waals surface area contributed by atoms with Gasteiger partial charge in [0.1, 0.15) is 0 Å². The summed E-state index contributed by atoms with van der Waals surface area (Å²) < 4.78 is 2.26. The number of piperidine rings is 1. The monoisotopic (exact) mass is 497 g/mol. The summed E-state index contributed by atoms with van der Waals surface area (Å²) in [5.41, 5.74) is 7.88. The Morgan fingerprint density at radius 2 is 1.72 bits per heavy atom. The van der Waals surface area contributed by atoms with Gasteiger partial charge in [-0.3, -0.25) is 0 Å². The number of nitrogens with two attached hydrogens (primary N) is 1. The molecule has 1 saturated heterocycles. The SMILES string of the molecule is CCCCNC(=O)N1CCC(Nc2nc(NC3CCC(N)CC3)nc3c2ncn3C2CCCC2)CC1. The Hall–Kier alpha value is -2.62. The van der Waals surface area contributed by atoms with E-state index in [-0.39, 0.29) is 12.1 Å². The van der Waals surface area contributed by atoms with Crippen molar-refractivity contribution >= 4 is 29.0 Å². The number of carbonyl (C=O) groups is 1. The highest BCUT2D eigenvalue weighted by Crippen LogP contribution is 2.33. The van der Waals surface area contributed by atoms with E-state index in [1.54, 1.807) is 0 Å². The molecular weight excluding hydrogens is 454 g/mol. The van der Waals surface area contributed by atoms with Crippen LogP contribution >= 0.6 is 0 Å². The number of urea groups is 1. The summed E-state index contributed by atoms with van der Waals surface area (Å²) in [6, 6.07) is 1.44. The maximum absolute atomic E-state index is 12.4. The molecule has 3 aliphatic rings. The highest BCUT2D eigenvalue weighted by atomic mass is 16.2. The van der Waals surface area contributed by atoms with Gasteiger partial charge in [0, 0.05) is 43.8 Å². The number of imidazole rings is 1. The molecule has 10 nitrogen and oxygen atoms in total. The van der Waals surface area contributed by atoms with Crippen LogP contribution < -0.4 is 21.7 Å². The third kappa shape index (κ3) is 5.85. The summed E-state index contributed by atoms with van der Waals surface area (Å²) in [5, 5.41) is 10.3. The van der Waals surface area contributed by atoms with Gasteiger partial charge in [-0.1, -0.05) is 26.2 Å². The molecule has 2 saturated carbocycles. The third-order valence-corrected chi connectivity index (χ3v) is 8.17. The van der Waals surface area contributed by atoms with Crippen LogP contribution in [-0.2, 0) is 0 Å². The number of amides is 2. The van der Waals surface area contributed by atoms with Gasteiger partial charge in [-0.25, -0.2) is 9.78 Å².